The molecule has 0 aromatic carbocycles. The van der Waals surface area contributed by atoms with Crippen LogP contribution in [0.5, 0.6) is 0 Å². The van der Waals surface area contributed by atoms with Gasteiger partial charge in [-0.2, -0.15) is 0 Å². The molecule has 1 unspecified atom stereocenters. The molecular formula is C8H8BrN3OS. The van der Waals surface area contributed by atoms with Crippen LogP contribution in [0.4, 0.5) is 0 Å². The summed E-state index contributed by atoms with van der Waals surface area (Å²) in [4.78, 5) is 5.47. The fourth-order valence-corrected chi connectivity index (χ4v) is 2.88. The molecule has 1 fully saturated rings. The van der Waals surface area contributed by atoms with Crippen molar-refractivity contribution in [1.29, 1.82) is 0 Å². The van der Waals surface area contributed by atoms with Crippen LogP contribution >= 0.6 is 27.3 Å². The molecule has 2 aromatic heterocycles. The van der Waals surface area contributed by atoms with Crippen molar-refractivity contribution in [2.75, 3.05) is 13.2 Å². The van der Waals surface area contributed by atoms with E-state index in [1.807, 2.05) is 10.7 Å². The van der Waals surface area contributed by atoms with Gasteiger partial charge in [0, 0.05) is 12.5 Å². The van der Waals surface area contributed by atoms with Gasteiger partial charge in [-0.1, -0.05) is 11.3 Å². The van der Waals surface area contributed by atoms with Crippen molar-refractivity contribution in [3.63, 3.8) is 0 Å². The minimum Gasteiger partial charge on any atom is -0.381 e. The molecular weight excluding hydrogens is 266 g/mol. The van der Waals surface area contributed by atoms with E-state index in [4.69, 9.17) is 4.74 Å². The number of fused-ring (bicyclic) bond motifs is 1. The highest BCUT2D eigenvalue weighted by Crippen LogP contribution is 2.27. The van der Waals surface area contributed by atoms with E-state index >= 15 is 0 Å². The Bertz CT molecular complexity index is 429. The first-order valence-corrected chi connectivity index (χ1v) is 6.03. The number of imidazole rings is 1. The molecule has 3 rings (SSSR count). The topological polar surface area (TPSA) is 39.4 Å². The van der Waals surface area contributed by atoms with E-state index in [0.717, 1.165) is 34.2 Å². The zero-order chi connectivity index (χ0) is 9.54. The summed E-state index contributed by atoms with van der Waals surface area (Å²) in [6.07, 6.45) is 3.07. The molecule has 3 heterocycles. The van der Waals surface area contributed by atoms with Crippen molar-refractivity contribution in [1.82, 2.24) is 14.6 Å². The molecule has 0 N–H and O–H groups in total. The van der Waals surface area contributed by atoms with Crippen LogP contribution in [0.15, 0.2) is 10.1 Å². The average molecular weight is 274 g/mol. The maximum Gasteiger partial charge on any atom is 0.213 e. The Morgan fingerprint density at radius 1 is 1.64 bits per heavy atom. The fourth-order valence-electron chi connectivity index (χ4n) is 1.66. The molecule has 0 radical (unpaired) electrons. The molecule has 0 spiro atoms. The number of rotatable bonds is 1. The van der Waals surface area contributed by atoms with Crippen molar-refractivity contribution >= 4 is 32.2 Å². The fraction of sp³-hybridized carbons (Fsp3) is 0.500. The van der Waals surface area contributed by atoms with E-state index in [9.17, 15) is 0 Å². The first kappa shape index (κ1) is 8.82. The van der Waals surface area contributed by atoms with Crippen LogP contribution in [0.3, 0.4) is 0 Å². The molecule has 74 valence electrons. The molecule has 1 aliphatic rings. The zero-order valence-electron chi connectivity index (χ0n) is 7.31. The van der Waals surface area contributed by atoms with Gasteiger partial charge in [-0.15, -0.1) is 5.10 Å². The number of aromatic nitrogens is 3. The SMILES string of the molecule is Brc1nn2cc(C3CCOC3)nc2s1. The van der Waals surface area contributed by atoms with E-state index in [-0.39, 0.29) is 0 Å². The third kappa shape index (κ3) is 1.37. The van der Waals surface area contributed by atoms with Gasteiger partial charge in [0.05, 0.1) is 18.5 Å². The number of hydrogen-bond acceptors (Lipinski definition) is 4. The second kappa shape index (κ2) is 3.29. The quantitative estimate of drug-likeness (QED) is 0.799. The molecule has 2 aromatic rings. The van der Waals surface area contributed by atoms with Crippen LogP contribution in [-0.2, 0) is 4.74 Å². The van der Waals surface area contributed by atoms with Gasteiger partial charge in [0.2, 0.25) is 4.96 Å². The summed E-state index contributed by atoms with van der Waals surface area (Å²) in [6, 6.07) is 0. The standard InChI is InChI=1S/C8H8BrN3OS/c9-7-11-12-3-6(10-8(12)14-7)5-1-2-13-4-5/h3,5H,1-2,4H2. The number of hydrogen-bond donors (Lipinski definition) is 0. The molecule has 0 bridgehead atoms. The molecule has 6 heteroatoms. The molecule has 4 nitrogen and oxygen atoms in total. The monoisotopic (exact) mass is 273 g/mol. The summed E-state index contributed by atoms with van der Waals surface area (Å²) >= 11 is 4.88. The molecule has 14 heavy (non-hydrogen) atoms. The van der Waals surface area contributed by atoms with Gasteiger partial charge in [-0.25, -0.2) is 9.50 Å². The first-order chi connectivity index (χ1) is 6.83. The Hall–Kier alpha value is -0.460. The largest absolute Gasteiger partial charge is 0.381 e. The van der Waals surface area contributed by atoms with E-state index < -0.39 is 0 Å². The van der Waals surface area contributed by atoms with Crippen LogP contribution in [0, 0.1) is 0 Å². The van der Waals surface area contributed by atoms with Gasteiger partial charge < -0.3 is 4.74 Å². The van der Waals surface area contributed by atoms with Crippen molar-refractivity contribution in [2.45, 2.75) is 12.3 Å². The van der Waals surface area contributed by atoms with E-state index in [0.29, 0.717) is 5.92 Å². The minimum absolute atomic E-state index is 0.461. The van der Waals surface area contributed by atoms with Crippen LogP contribution in [0.25, 0.3) is 4.96 Å². The van der Waals surface area contributed by atoms with Gasteiger partial charge in [-0.05, 0) is 22.4 Å². The molecule has 1 atom stereocenters. The maximum absolute atomic E-state index is 5.33. The molecule has 0 amide bonds. The van der Waals surface area contributed by atoms with Gasteiger partial charge in [0.1, 0.15) is 0 Å². The highest BCUT2D eigenvalue weighted by atomic mass is 79.9. The summed E-state index contributed by atoms with van der Waals surface area (Å²) in [6.45, 7) is 1.65. The number of halogens is 1. The Morgan fingerprint density at radius 2 is 2.57 bits per heavy atom. The van der Waals surface area contributed by atoms with Crippen LogP contribution in [-0.4, -0.2) is 27.8 Å². The Kier molecular flexibility index (Phi) is 2.07. The Morgan fingerprint density at radius 3 is 3.29 bits per heavy atom. The van der Waals surface area contributed by atoms with Crippen molar-refractivity contribution < 1.29 is 4.74 Å². The predicted molar refractivity (Wildman–Crippen MR) is 56.7 cm³/mol. The van der Waals surface area contributed by atoms with Gasteiger partial charge in [0.15, 0.2) is 3.92 Å². The third-order valence-corrected chi connectivity index (χ3v) is 3.74. The molecule has 0 aliphatic carbocycles. The molecule has 1 aliphatic heterocycles. The van der Waals surface area contributed by atoms with Crippen molar-refractivity contribution in [2.24, 2.45) is 0 Å². The van der Waals surface area contributed by atoms with Gasteiger partial charge in [0.25, 0.3) is 0 Å². The molecule has 1 saturated heterocycles. The van der Waals surface area contributed by atoms with E-state index in [1.54, 1.807) is 11.3 Å². The average Bonchev–Trinajstić information content (AvgIpc) is 2.74. The van der Waals surface area contributed by atoms with E-state index in [1.165, 1.54) is 0 Å². The van der Waals surface area contributed by atoms with Gasteiger partial charge >= 0.3 is 0 Å². The second-order valence-corrected chi connectivity index (χ2v) is 5.54. The second-order valence-electron chi connectivity index (χ2n) is 3.31. The van der Waals surface area contributed by atoms with Crippen molar-refractivity contribution in [3.05, 3.63) is 15.8 Å². The van der Waals surface area contributed by atoms with Gasteiger partial charge in [-0.3, -0.25) is 0 Å². The lowest BCUT2D eigenvalue weighted by atomic mass is 10.1. The number of nitrogens with zero attached hydrogens (tertiary/aromatic N) is 3. The first-order valence-electron chi connectivity index (χ1n) is 4.42. The lowest BCUT2D eigenvalue weighted by Gasteiger charge is -2.00. The highest BCUT2D eigenvalue weighted by Gasteiger charge is 2.21. The van der Waals surface area contributed by atoms with Crippen LogP contribution < -0.4 is 0 Å². The van der Waals surface area contributed by atoms with Crippen LogP contribution in [0.2, 0.25) is 0 Å². The predicted octanol–water partition coefficient (Wildman–Crippen LogP) is 2.06. The summed E-state index contributed by atoms with van der Waals surface area (Å²) in [5.41, 5.74) is 1.11. The minimum atomic E-state index is 0.461. The third-order valence-electron chi connectivity index (χ3n) is 2.39. The lowest BCUT2D eigenvalue weighted by Crippen LogP contribution is -1.97. The highest BCUT2D eigenvalue weighted by molar-refractivity contribution is 9.11. The van der Waals surface area contributed by atoms with Crippen molar-refractivity contribution in [3.8, 4) is 0 Å². The number of ether oxygens (including phenoxy) is 1. The normalized spacial score (nSPS) is 22.2. The summed E-state index contributed by atoms with van der Waals surface area (Å²) in [5.74, 6) is 0.461. The maximum atomic E-state index is 5.33. The summed E-state index contributed by atoms with van der Waals surface area (Å²) in [7, 11) is 0. The Labute approximate surface area is 93.0 Å². The summed E-state index contributed by atoms with van der Waals surface area (Å²) in [5, 5.41) is 4.25. The smallest absolute Gasteiger partial charge is 0.213 e. The summed E-state index contributed by atoms with van der Waals surface area (Å²) < 4.78 is 8.02. The Balaban J connectivity index is 2.01. The van der Waals surface area contributed by atoms with Crippen LogP contribution in [0.1, 0.15) is 18.0 Å². The van der Waals surface area contributed by atoms with E-state index in [2.05, 4.69) is 26.0 Å². The lowest BCUT2D eigenvalue weighted by molar-refractivity contribution is 0.193. The zero-order valence-corrected chi connectivity index (χ0v) is 9.71. The molecule has 0 saturated carbocycles.